The molecule has 52 valence electrons. The average Bonchev–Trinajstić information content (AvgIpc) is 2.03. The molecule has 10 heavy (non-hydrogen) atoms. The lowest BCUT2D eigenvalue weighted by Crippen LogP contribution is -1.64. The lowest BCUT2D eigenvalue weighted by atomic mass is 10.4. The van der Waals surface area contributed by atoms with Crippen LogP contribution in [0.4, 0.5) is 0 Å². The third-order valence-corrected chi connectivity index (χ3v) is 1.81. The molecule has 0 aromatic heterocycles. The first-order chi connectivity index (χ1) is 4.93. The average molecular weight is 151 g/mol. The Bertz CT molecular complexity index is 206. The predicted molar refractivity (Wildman–Crippen MR) is 46.5 cm³/mol. The van der Waals surface area contributed by atoms with E-state index in [9.17, 15) is 0 Å². The predicted octanol–water partition coefficient (Wildman–Crippen LogP) is 2.78. The Morgan fingerprint density at radius 1 is 1.30 bits per heavy atom. The second-order valence-corrected chi connectivity index (χ2v) is 2.63. The van der Waals surface area contributed by atoms with Crippen LogP contribution in [0.2, 0.25) is 0 Å². The van der Waals surface area contributed by atoms with Gasteiger partial charge in [-0.3, -0.25) is 0 Å². The Hall–Kier alpha value is -0.760. The molecule has 1 nitrogen and oxygen atoms in total. The second-order valence-electron chi connectivity index (χ2n) is 1.77. The van der Waals surface area contributed by atoms with Gasteiger partial charge in [0.15, 0.2) is 0 Å². The Labute approximate surface area is 65.3 Å². The summed E-state index contributed by atoms with van der Waals surface area (Å²) in [7, 11) is 0. The van der Waals surface area contributed by atoms with Gasteiger partial charge in [0.25, 0.3) is 0 Å². The number of hydrogen-bond donors (Lipinski definition) is 0. The molecule has 1 rings (SSSR count). The van der Waals surface area contributed by atoms with Crippen LogP contribution in [-0.2, 0) is 0 Å². The molecule has 0 heterocycles. The van der Waals surface area contributed by atoms with E-state index in [2.05, 4.69) is 4.40 Å². The molecular formula is C8H9NS. The zero-order chi connectivity index (χ0) is 7.23. The molecule has 0 aliphatic heterocycles. The van der Waals surface area contributed by atoms with E-state index < -0.39 is 0 Å². The minimum atomic E-state index is 1.18. The summed E-state index contributed by atoms with van der Waals surface area (Å²) in [5, 5.41) is 0. The third-order valence-electron chi connectivity index (χ3n) is 1.01. The van der Waals surface area contributed by atoms with E-state index in [1.807, 2.05) is 37.3 Å². The number of hydrogen-bond acceptors (Lipinski definition) is 2. The Kier molecular flexibility index (Phi) is 3.03. The second kappa shape index (κ2) is 4.12. The summed E-state index contributed by atoms with van der Waals surface area (Å²) in [5.41, 5.74) is 0. The molecular weight excluding hydrogens is 142 g/mol. The standard InChI is InChI=1S/C8H9NS/c1-2-9-10-8-6-4-3-5-7-8/h2-7H,1H3/b9-2+. The summed E-state index contributed by atoms with van der Waals surface area (Å²) in [6, 6.07) is 10.1. The fourth-order valence-corrected chi connectivity index (χ4v) is 1.10. The topological polar surface area (TPSA) is 12.4 Å². The van der Waals surface area contributed by atoms with Crippen molar-refractivity contribution >= 4 is 18.2 Å². The Morgan fingerprint density at radius 2 is 2.00 bits per heavy atom. The van der Waals surface area contributed by atoms with Crippen molar-refractivity contribution in [2.45, 2.75) is 11.8 Å². The van der Waals surface area contributed by atoms with Crippen molar-refractivity contribution in [3.63, 3.8) is 0 Å². The van der Waals surface area contributed by atoms with Crippen molar-refractivity contribution in [2.75, 3.05) is 0 Å². The van der Waals surface area contributed by atoms with Gasteiger partial charge >= 0.3 is 0 Å². The molecule has 0 fully saturated rings. The van der Waals surface area contributed by atoms with Crippen LogP contribution in [0.1, 0.15) is 6.92 Å². The summed E-state index contributed by atoms with van der Waals surface area (Å²) in [5.74, 6) is 0. The first-order valence-corrected chi connectivity index (χ1v) is 3.91. The van der Waals surface area contributed by atoms with Gasteiger partial charge in [-0.1, -0.05) is 18.2 Å². The van der Waals surface area contributed by atoms with E-state index in [-0.39, 0.29) is 0 Å². The van der Waals surface area contributed by atoms with Gasteiger partial charge in [-0.2, -0.15) is 0 Å². The van der Waals surface area contributed by atoms with Crippen molar-refractivity contribution in [3.05, 3.63) is 30.3 Å². The van der Waals surface area contributed by atoms with Crippen LogP contribution in [0.25, 0.3) is 0 Å². The Balaban J connectivity index is 2.59. The van der Waals surface area contributed by atoms with Gasteiger partial charge < -0.3 is 0 Å². The lowest BCUT2D eigenvalue weighted by molar-refractivity contribution is 1.46. The molecule has 0 aliphatic rings. The van der Waals surface area contributed by atoms with E-state index in [1.165, 1.54) is 16.8 Å². The molecule has 2 heteroatoms. The maximum Gasteiger partial charge on any atom is 0.0305 e. The van der Waals surface area contributed by atoms with Gasteiger partial charge in [-0.05, 0) is 19.1 Å². The third kappa shape index (κ3) is 2.23. The van der Waals surface area contributed by atoms with E-state index >= 15 is 0 Å². The number of nitrogens with zero attached hydrogens (tertiary/aromatic N) is 1. The minimum absolute atomic E-state index is 1.18. The van der Waals surface area contributed by atoms with Crippen LogP contribution in [0.15, 0.2) is 39.6 Å². The molecule has 0 atom stereocenters. The number of rotatable bonds is 2. The van der Waals surface area contributed by atoms with E-state index in [4.69, 9.17) is 0 Å². The summed E-state index contributed by atoms with van der Waals surface area (Å²) < 4.78 is 4.03. The fourth-order valence-electron chi connectivity index (χ4n) is 0.595. The van der Waals surface area contributed by atoms with Gasteiger partial charge in [-0.15, -0.1) is 0 Å². The van der Waals surface area contributed by atoms with Crippen molar-refractivity contribution in [2.24, 2.45) is 4.40 Å². The van der Waals surface area contributed by atoms with E-state index in [0.29, 0.717) is 0 Å². The van der Waals surface area contributed by atoms with Gasteiger partial charge in [-0.25, -0.2) is 4.40 Å². The van der Waals surface area contributed by atoms with Crippen LogP contribution < -0.4 is 0 Å². The summed E-state index contributed by atoms with van der Waals surface area (Å²) in [4.78, 5) is 1.18. The first-order valence-electron chi connectivity index (χ1n) is 3.13. The Morgan fingerprint density at radius 3 is 2.60 bits per heavy atom. The molecule has 0 bridgehead atoms. The van der Waals surface area contributed by atoms with Crippen LogP contribution >= 0.6 is 11.9 Å². The maximum absolute atomic E-state index is 4.03. The maximum atomic E-state index is 4.03. The van der Waals surface area contributed by atoms with E-state index in [1.54, 1.807) is 6.21 Å². The van der Waals surface area contributed by atoms with Gasteiger partial charge in [0.05, 0.1) is 0 Å². The lowest BCUT2D eigenvalue weighted by Gasteiger charge is -1.90. The molecule has 1 aromatic rings. The van der Waals surface area contributed by atoms with Crippen molar-refractivity contribution in [3.8, 4) is 0 Å². The molecule has 1 aromatic carbocycles. The van der Waals surface area contributed by atoms with Crippen LogP contribution in [0, 0.1) is 0 Å². The van der Waals surface area contributed by atoms with Gasteiger partial charge in [0.2, 0.25) is 0 Å². The van der Waals surface area contributed by atoms with Crippen molar-refractivity contribution < 1.29 is 0 Å². The van der Waals surface area contributed by atoms with E-state index in [0.717, 1.165) is 0 Å². The summed E-state index contributed by atoms with van der Waals surface area (Å²) >= 11 is 1.49. The van der Waals surface area contributed by atoms with Gasteiger partial charge in [0, 0.05) is 23.1 Å². The highest BCUT2D eigenvalue weighted by Crippen LogP contribution is 2.16. The monoisotopic (exact) mass is 151 g/mol. The van der Waals surface area contributed by atoms with Gasteiger partial charge in [0.1, 0.15) is 0 Å². The smallest absolute Gasteiger partial charge is 0.0305 e. The molecule has 0 saturated carbocycles. The van der Waals surface area contributed by atoms with Crippen molar-refractivity contribution in [1.82, 2.24) is 0 Å². The highest BCUT2D eigenvalue weighted by molar-refractivity contribution is 7.98. The quantitative estimate of drug-likeness (QED) is 0.467. The minimum Gasteiger partial charge on any atom is -0.224 e. The molecule has 0 N–H and O–H groups in total. The van der Waals surface area contributed by atoms with Crippen LogP contribution in [-0.4, -0.2) is 6.21 Å². The molecule has 0 aliphatic carbocycles. The number of benzene rings is 1. The largest absolute Gasteiger partial charge is 0.224 e. The molecule has 0 saturated heterocycles. The summed E-state index contributed by atoms with van der Waals surface area (Å²) in [6.07, 6.45) is 1.79. The highest BCUT2D eigenvalue weighted by atomic mass is 32.2. The molecule has 0 radical (unpaired) electrons. The zero-order valence-corrected chi connectivity index (χ0v) is 6.64. The van der Waals surface area contributed by atoms with Crippen molar-refractivity contribution in [1.29, 1.82) is 0 Å². The molecule has 0 spiro atoms. The highest BCUT2D eigenvalue weighted by Gasteiger charge is 1.85. The SMILES string of the molecule is C/C=N/Sc1ccccc1. The van der Waals surface area contributed by atoms with Crippen LogP contribution in [0.3, 0.4) is 0 Å². The molecule has 0 amide bonds. The zero-order valence-electron chi connectivity index (χ0n) is 5.82. The fraction of sp³-hybridized carbons (Fsp3) is 0.125. The summed E-state index contributed by atoms with van der Waals surface area (Å²) in [6.45, 7) is 1.91. The first kappa shape index (κ1) is 7.35. The normalized spacial score (nSPS) is 10.5. The molecule has 0 unspecified atom stereocenters. The van der Waals surface area contributed by atoms with Crippen LogP contribution in [0.5, 0.6) is 0 Å².